The van der Waals surface area contributed by atoms with Crippen molar-refractivity contribution in [2.24, 2.45) is 0 Å². The molecule has 2 aromatic rings. The minimum absolute atomic E-state index is 0.248. The molecular weight excluding hydrogens is 473 g/mol. The quantitative estimate of drug-likeness (QED) is 0.336. The molecule has 0 radical (unpaired) electrons. The smallest absolute Gasteiger partial charge is 0.436 e. The van der Waals surface area contributed by atoms with Gasteiger partial charge in [-0.2, -0.15) is 18.3 Å². The van der Waals surface area contributed by atoms with E-state index in [-0.39, 0.29) is 17.3 Å². The van der Waals surface area contributed by atoms with Crippen molar-refractivity contribution >= 4 is 51.2 Å². The number of nitrogens with one attached hydrogen (secondary N) is 2. The molecule has 0 spiro atoms. The zero-order valence-corrected chi connectivity index (χ0v) is 19.4. The Morgan fingerprint density at radius 1 is 1.35 bits per heavy atom. The van der Waals surface area contributed by atoms with Gasteiger partial charge in [-0.3, -0.25) is 4.68 Å². The van der Waals surface area contributed by atoms with Crippen LogP contribution in [0.15, 0.2) is 0 Å². The number of aryl methyl sites for hydroxylation is 2. The van der Waals surface area contributed by atoms with Crippen molar-refractivity contribution in [1.82, 2.24) is 15.1 Å². The van der Waals surface area contributed by atoms with Gasteiger partial charge in [-0.15, -0.1) is 11.3 Å². The number of carbonyl (C=O) groups is 1. The lowest BCUT2D eigenvalue weighted by atomic mass is 9.95. The molecule has 0 unspecified atom stereocenters. The third-order valence-corrected chi connectivity index (χ3v) is 6.93. The number of thiocarbonyl (C=S) groups is 1. The van der Waals surface area contributed by atoms with E-state index >= 15 is 0 Å². The fourth-order valence-electron chi connectivity index (χ4n) is 3.47. The summed E-state index contributed by atoms with van der Waals surface area (Å²) in [6.07, 6.45) is -0.232. The van der Waals surface area contributed by atoms with Gasteiger partial charge in [-0.1, -0.05) is 11.6 Å². The highest BCUT2D eigenvalue weighted by atomic mass is 35.5. The first kappa shape index (κ1) is 23.8. The maximum absolute atomic E-state index is 12.9. The van der Waals surface area contributed by atoms with Crippen molar-refractivity contribution < 1.29 is 22.7 Å². The minimum atomic E-state index is -4.59. The van der Waals surface area contributed by atoms with E-state index < -0.39 is 17.8 Å². The second-order valence-electron chi connectivity index (χ2n) is 7.11. The van der Waals surface area contributed by atoms with Crippen LogP contribution >= 0.6 is 35.2 Å². The lowest BCUT2D eigenvalue weighted by molar-refractivity contribution is -0.141. The number of esters is 1. The van der Waals surface area contributed by atoms with Crippen LogP contribution in [0.4, 0.5) is 18.2 Å². The zero-order valence-electron chi connectivity index (χ0n) is 17.0. The molecule has 1 aliphatic carbocycles. The fraction of sp³-hybridized carbons (Fsp3) is 0.526. The molecule has 12 heteroatoms. The fourth-order valence-corrected chi connectivity index (χ4v) is 5.27. The molecule has 0 bridgehead atoms. The molecule has 31 heavy (non-hydrogen) atoms. The van der Waals surface area contributed by atoms with E-state index in [0.717, 1.165) is 31.2 Å². The SMILES string of the molecule is COC(=O)c1c(NC(=S)NCCCn2nc(C(F)(F)F)c(Cl)c2C)sc2c1CCCC2. The van der Waals surface area contributed by atoms with E-state index in [1.165, 1.54) is 34.9 Å². The number of ether oxygens (including phenoxy) is 1. The summed E-state index contributed by atoms with van der Waals surface area (Å²) < 4.78 is 44.9. The molecule has 0 saturated carbocycles. The van der Waals surface area contributed by atoms with Crippen molar-refractivity contribution in [2.45, 2.75) is 51.7 Å². The van der Waals surface area contributed by atoms with Gasteiger partial charge in [-0.25, -0.2) is 4.79 Å². The number of carbonyl (C=O) groups excluding carboxylic acids is 1. The Balaban J connectivity index is 1.57. The lowest BCUT2D eigenvalue weighted by Gasteiger charge is -2.12. The molecule has 0 aromatic carbocycles. The molecule has 0 fully saturated rings. The van der Waals surface area contributed by atoms with Gasteiger partial charge in [-0.05, 0) is 56.8 Å². The third-order valence-electron chi connectivity index (χ3n) is 5.02. The number of methoxy groups -OCH3 is 1. The number of anilines is 1. The second-order valence-corrected chi connectivity index (χ2v) is 9.00. The molecule has 0 atom stereocenters. The molecule has 0 amide bonds. The van der Waals surface area contributed by atoms with Crippen LogP contribution in [0.1, 0.15) is 51.4 Å². The van der Waals surface area contributed by atoms with E-state index in [1.807, 2.05) is 0 Å². The van der Waals surface area contributed by atoms with Crippen LogP contribution in [0.5, 0.6) is 0 Å². The summed E-state index contributed by atoms with van der Waals surface area (Å²) >= 11 is 12.6. The predicted molar refractivity (Wildman–Crippen MR) is 118 cm³/mol. The minimum Gasteiger partial charge on any atom is -0.465 e. The number of hydrogen-bond donors (Lipinski definition) is 2. The highest BCUT2D eigenvalue weighted by Crippen LogP contribution is 2.38. The maximum Gasteiger partial charge on any atom is 0.436 e. The molecule has 2 heterocycles. The van der Waals surface area contributed by atoms with Crippen LogP contribution in [-0.4, -0.2) is 34.5 Å². The molecule has 1 aliphatic rings. The molecule has 2 aromatic heterocycles. The average molecular weight is 495 g/mol. The van der Waals surface area contributed by atoms with E-state index in [0.29, 0.717) is 28.6 Å². The van der Waals surface area contributed by atoms with Gasteiger partial charge in [0.1, 0.15) is 5.00 Å². The van der Waals surface area contributed by atoms with Gasteiger partial charge in [0.25, 0.3) is 0 Å². The first-order valence-electron chi connectivity index (χ1n) is 9.71. The number of halogens is 4. The molecule has 3 rings (SSSR count). The summed E-state index contributed by atoms with van der Waals surface area (Å²) in [5.74, 6) is -0.392. The summed E-state index contributed by atoms with van der Waals surface area (Å²) in [4.78, 5) is 13.4. The average Bonchev–Trinajstić information content (AvgIpc) is 3.22. The number of nitrogens with zero attached hydrogens (tertiary/aromatic N) is 2. The number of aromatic nitrogens is 2. The summed E-state index contributed by atoms with van der Waals surface area (Å²) in [7, 11) is 1.35. The maximum atomic E-state index is 12.9. The van der Waals surface area contributed by atoms with Crippen LogP contribution in [0.2, 0.25) is 5.02 Å². The van der Waals surface area contributed by atoms with Gasteiger partial charge in [0.2, 0.25) is 0 Å². The second kappa shape index (κ2) is 9.74. The molecular formula is C19H22ClF3N4O2S2. The standard InChI is InChI=1S/C19H22ClF3N4O2S2/c1-10-14(20)15(19(21,22)23)26-27(10)9-5-8-24-18(30)25-16-13(17(28)29-2)11-6-3-4-7-12(11)31-16/h3-9H2,1-2H3,(H2,24,25,30). The Kier molecular flexibility index (Phi) is 7.48. The van der Waals surface area contributed by atoms with E-state index in [4.69, 9.17) is 28.6 Å². The number of rotatable bonds is 6. The highest BCUT2D eigenvalue weighted by Gasteiger charge is 2.38. The Bertz CT molecular complexity index is 988. The summed E-state index contributed by atoms with van der Waals surface area (Å²) in [6.45, 7) is 2.15. The van der Waals surface area contributed by atoms with Crippen LogP contribution in [-0.2, 0) is 30.3 Å². The molecule has 0 aliphatic heterocycles. The van der Waals surface area contributed by atoms with Crippen LogP contribution < -0.4 is 10.6 Å². The van der Waals surface area contributed by atoms with Crippen LogP contribution in [0.3, 0.4) is 0 Å². The molecule has 6 nitrogen and oxygen atoms in total. The largest absolute Gasteiger partial charge is 0.465 e. The number of alkyl halides is 3. The highest BCUT2D eigenvalue weighted by molar-refractivity contribution is 7.80. The van der Waals surface area contributed by atoms with Crippen LogP contribution in [0, 0.1) is 6.92 Å². The van der Waals surface area contributed by atoms with E-state index in [2.05, 4.69) is 15.7 Å². The van der Waals surface area contributed by atoms with Crippen molar-refractivity contribution in [3.05, 3.63) is 32.4 Å². The Morgan fingerprint density at radius 3 is 2.71 bits per heavy atom. The Morgan fingerprint density at radius 2 is 2.06 bits per heavy atom. The Labute approximate surface area is 192 Å². The van der Waals surface area contributed by atoms with Crippen molar-refractivity contribution in [2.75, 3.05) is 19.0 Å². The van der Waals surface area contributed by atoms with E-state index in [1.54, 1.807) is 0 Å². The summed E-state index contributed by atoms with van der Waals surface area (Å²) in [5, 5.41) is 10.3. The van der Waals surface area contributed by atoms with Gasteiger partial charge in [0.05, 0.1) is 23.4 Å². The number of thiophene rings is 1. The zero-order chi connectivity index (χ0) is 22.8. The molecule has 170 valence electrons. The summed E-state index contributed by atoms with van der Waals surface area (Å²) in [5.41, 5.74) is 0.753. The summed E-state index contributed by atoms with van der Waals surface area (Å²) in [6, 6.07) is 0. The van der Waals surface area contributed by atoms with Gasteiger partial charge >= 0.3 is 12.1 Å². The Hall–Kier alpha value is -1.85. The third kappa shape index (κ3) is 5.32. The van der Waals surface area contributed by atoms with Gasteiger partial charge in [0, 0.05) is 18.0 Å². The van der Waals surface area contributed by atoms with Gasteiger partial charge in [0.15, 0.2) is 10.8 Å². The van der Waals surface area contributed by atoms with Crippen molar-refractivity contribution in [3.63, 3.8) is 0 Å². The topological polar surface area (TPSA) is 68.2 Å². The molecule has 2 N–H and O–H groups in total. The molecule has 0 saturated heterocycles. The number of hydrogen-bond acceptors (Lipinski definition) is 5. The van der Waals surface area contributed by atoms with Crippen molar-refractivity contribution in [3.8, 4) is 0 Å². The first-order chi connectivity index (χ1) is 14.6. The van der Waals surface area contributed by atoms with Gasteiger partial charge < -0.3 is 15.4 Å². The lowest BCUT2D eigenvalue weighted by Crippen LogP contribution is -2.30. The van der Waals surface area contributed by atoms with Crippen molar-refractivity contribution in [1.29, 1.82) is 0 Å². The normalized spacial score (nSPS) is 13.6. The predicted octanol–water partition coefficient (Wildman–Crippen LogP) is 4.97. The first-order valence-corrected chi connectivity index (χ1v) is 11.3. The number of fused-ring (bicyclic) bond motifs is 1. The van der Waals surface area contributed by atoms with Crippen LogP contribution in [0.25, 0.3) is 0 Å². The van der Waals surface area contributed by atoms with E-state index in [9.17, 15) is 18.0 Å². The monoisotopic (exact) mass is 494 g/mol.